The molecule has 0 atom stereocenters. The fourth-order valence-electron chi connectivity index (χ4n) is 3.06. The number of anilines is 1. The molecular formula is C22H18N4O. The molecule has 0 aliphatic carbocycles. The van der Waals surface area contributed by atoms with Gasteiger partial charge in [-0.3, -0.25) is 4.79 Å². The van der Waals surface area contributed by atoms with Crippen LogP contribution < -0.4 is 5.32 Å². The monoisotopic (exact) mass is 354 g/mol. The van der Waals surface area contributed by atoms with E-state index < -0.39 is 0 Å². The summed E-state index contributed by atoms with van der Waals surface area (Å²) in [5, 5.41) is 4.20. The van der Waals surface area contributed by atoms with Crippen molar-refractivity contribution in [2.24, 2.45) is 0 Å². The number of rotatable bonds is 6. The topological polar surface area (TPSA) is 70.7 Å². The molecule has 0 spiro atoms. The van der Waals surface area contributed by atoms with Crippen molar-refractivity contribution in [2.45, 2.75) is 0 Å². The predicted molar refractivity (Wildman–Crippen MR) is 108 cm³/mol. The molecule has 4 aromatic rings. The summed E-state index contributed by atoms with van der Waals surface area (Å²) in [6.45, 7) is 4.10. The number of hydrogen-bond donors (Lipinski definition) is 2. The van der Waals surface area contributed by atoms with Crippen LogP contribution in [0.5, 0.6) is 0 Å². The van der Waals surface area contributed by atoms with Gasteiger partial charge in [-0.05, 0) is 17.7 Å². The zero-order valence-electron chi connectivity index (χ0n) is 14.6. The van der Waals surface area contributed by atoms with Crippen molar-refractivity contribution in [3.05, 3.63) is 79.3 Å². The Morgan fingerprint density at radius 2 is 1.89 bits per heavy atom. The summed E-state index contributed by atoms with van der Waals surface area (Å²) in [6.07, 6.45) is 4.29. The summed E-state index contributed by atoms with van der Waals surface area (Å²) in [5.41, 5.74) is 6.21. The summed E-state index contributed by atoms with van der Waals surface area (Å²) < 4.78 is 0. The van der Waals surface area contributed by atoms with E-state index in [0.29, 0.717) is 12.1 Å². The van der Waals surface area contributed by atoms with Gasteiger partial charge in [0.2, 0.25) is 0 Å². The fourth-order valence-corrected chi connectivity index (χ4v) is 3.06. The van der Waals surface area contributed by atoms with E-state index in [2.05, 4.69) is 39.0 Å². The highest BCUT2D eigenvalue weighted by Gasteiger charge is 2.14. The van der Waals surface area contributed by atoms with E-state index >= 15 is 0 Å². The molecule has 0 bridgehead atoms. The highest BCUT2D eigenvalue weighted by atomic mass is 16.1. The minimum atomic E-state index is 0.408. The van der Waals surface area contributed by atoms with E-state index in [4.69, 9.17) is 0 Å². The van der Waals surface area contributed by atoms with E-state index in [0.717, 1.165) is 45.4 Å². The van der Waals surface area contributed by atoms with Gasteiger partial charge in [-0.15, -0.1) is 0 Å². The normalized spacial score (nSPS) is 10.7. The second-order valence-electron chi connectivity index (χ2n) is 6.22. The van der Waals surface area contributed by atoms with Crippen LogP contribution in [0, 0.1) is 0 Å². The summed E-state index contributed by atoms with van der Waals surface area (Å²) >= 11 is 0. The highest BCUT2D eigenvalue weighted by Crippen LogP contribution is 2.34. The molecule has 5 heteroatoms. The van der Waals surface area contributed by atoms with E-state index in [1.54, 1.807) is 6.33 Å². The van der Waals surface area contributed by atoms with Crippen LogP contribution in [-0.2, 0) is 4.79 Å². The average molecular weight is 354 g/mol. The zero-order chi connectivity index (χ0) is 18.6. The molecule has 4 rings (SSSR count). The lowest BCUT2D eigenvalue weighted by atomic mass is 10.0. The summed E-state index contributed by atoms with van der Waals surface area (Å²) in [6, 6.07) is 18.1. The number of aromatic amines is 1. The van der Waals surface area contributed by atoms with Gasteiger partial charge in [0.05, 0.1) is 11.1 Å². The van der Waals surface area contributed by atoms with E-state index in [1.165, 1.54) is 0 Å². The number of hydrogen-bond acceptors (Lipinski definition) is 4. The number of aromatic nitrogens is 3. The first kappa shape index (κ1) is 16.7. The molecule has 0 saturated heterocycles. The third kappa shape index (κ3) is 3.35. The van der Waals surface area contributed by atoms with E-state index in [9.17, 15) is 4.79 Å². The van der Waals surface area contributed by atoms with Gasteiger partial charge in [0.15, 0.2) is 0 Å². The maximum absolute atomic E-state index is 10.7. The van der Waals surface area contributed by atoms with Crippen molar-refractivity contribution in [3.63, 3.8) is 0 Å². The third-order valence-electron chi connectivity index (χ3n) is 4.38. The average Bonchev–Trinajstić information content (AvgIpc) is 3.17. The number of carbonyl (C=O) groups excluding carboxylic acids is 1. The van der Waals surface area contributed by atoms with Crippen molar-refractivity contribution in [1.82, 2.24) is 15.0 Å². The molecule has 0 radical (unpaired) electrons. The zero-order valence-corrected chi connectivity index (χ0v) is 14.6. The van der Waals surface area contributed by atoms with Crippen LogP contribution in [0.25, 0.3) is 33.4 Å². The van der Waals surface area contributed by atoms with Gasteiger partial charge < -0.3 is 10.3 Å². The van der Waals surface area contributed by atoms with Gasteiger partial charge in [0.1, 0.15) is 18.3 Å². The molecule has 0 unspecified atom stereocenters. The standard InChI is InChI=1S/C22H18N4O/c1-15(13-27)11-23-18-9-5-8-17(10-18)21-20-19(16-6-3-2-4-7-16)12-24-22(20)26-14-25-21/h2-10,12-14,23H,1,11H2,(H,24,25,26). The molecule has 0 fully saturated rings. The molecule has 0 aliphatic heterocycles. The molecule has 2 aromatic carbocycles. The van der Waals surface area contributed by atoms with Crippen molar-refractivity contribution in [2.75, 3.05) is 11.9 Å². The number of aldehydes is 1. The molecule has 5 nitrogen and oxygen atoms in total. The number of carbonyl (C=O) groups is 1. The molecule has 2 N–H and O–H groups in total. The summed E-state index contributed by atoms with van der Waals surface area (Å²) in [5.74, 6) is 0. The van der Waals surface area contributed by atoms with Crippen LogP contribution in [0.1, 0.15) is 0 Å². The molecule has 0 aliphatic rings. The lowest BCUT2D eigenvalue weighted by molar-refractivity contribution is -0.104. The third-order valence-corrected chi connectivity index (χ3v) is 4.38. The van der Waals surface area contributed by atoms with E-state index in [1.807, 2.05) is 48.7 Å². The number of nitrogens with zero attached hydrogens (tertiary/aromatic N) is 2. The first-order valence-corrected chi connectivity index (χ1v) is 8.61. The smallest absolute Gasteiger partial charge is 0.147 e. The Hall–Kier alpha value is -3.73. The van der Waals surface area contributed by atoms with Gasteiger partial charge >= 0.3 is 0 Å². The predicted octanol–water partition coefficient (Wildman–Crippen LogP) is 4.46. The molecule has 27 heavy (non-hydrogen) atoms. The van der Waals surface area contributed by atoms with Crippen molar-refractivity contribution >= 4 is 23.0 Å². The first-order chi connectivity index (χ1) is 13.3. The fraction of sp³-hybridized carbons (Fsp3) is 0.0455. The molecule has 0 saturated carbocycles. The van der Waals surface area contributed by atoms with Crippen LogP contribution in [0.2, 0.25) is 0 Å². The second kappa shape index (κ2) is 7.25. The molecule has 2 heterocycles. The number of benzene rings is 2. The Kier molecular flexibility index (Phi) is 4.49. The largest absolute Gasteiger partial charge is 0.381 e. The van der Waals surface area contributed by atoms with Crippen LogP contribution in [-0.4, -0.2) is 27.8 Å². The SMILES string of the molecule is C=C(C=O)CNc1cccc(-c2ncnc3[nH]cc(-c4ccccc4)c23)c1. The van der Waals surface area contributed by atoms with Gasteiger partial charge in [-0.25, -0.2) is 9.97 Å². The second-order valence-corrected chi connectivity index (χ2v) is 6.22. The Balaban J connectivity index is 1.79. The first-order valence-electron chi connectivity index (χ1n) is 8.61. The minimum absolute atomic E-state index is 0.408. The van der Waals surface area contributed by atoms with Crippen molar-refractivity contribution in [3.8, 4) is 22.4 Å². The van der Waals surface area contributed by atoms with Gasteiger partial charge in [-0.2, -0.15) is 0 Å². The Morgan fingerprint density at radius 3 is 2.70 bits per heavy atom. The van der Waals surface area contributed by atoms with Crippen LogP contribution in [0.15, 0.2) is 79.3 Å². The molecule has 2 aromatic heterocycles. The lowest BCUT2D eigenvalue weighted by Crippen LogP contribution is -2.04. The number of nitrogens with one attached hydrogen (secondary N) is 2. The Morgan fingerprint density at radius 1 is 1.07 bits per heavy atom. The van der Waals surface area contributed by atoms with Crippen molar-refractivity contribution in [1.29, 1.82) is 0 Å². The summed E-state index contributed by atoms with van der Waals surface area (Å²) in [7, 11) is 0. The summed E-state index contributed by atoms with van der Waals surface area (Å²) in [4.78, 5) is 22.9. The maximum atomic E-state index is 10.7. The van der Waals surface area contributed by atoms with Crippen molar-refractivity contribution < 1.29 is 4.79 Å². The van der Waals surface area contributed by atoms with Gasteiger partial charge in [0.25, 0.3) is 0 Å². The van der Waals surface area contributed by atoms with Crippen LogP contribution in [0.3, 0.4) is 0 Å². The van der Waals surface area contributed by atoms with Gasteiger partial charge in [0, 0.05) is 35.1 Å². The molecule has 0 amide bonds. The van der Waals surface area contributed by atoms with Crippen LogP contribution in [0.4, 0.5) is 5.69 Å². The van der Waals surface area contributed by atoms with Crippen LogP contribution >= 0.6 is 0 Å². The molecule has 132 valence electrons. The lowest BCUT2D eigenvalue weighted by Gasteiger charge is -2.09. The maximum Gasteiger partial charge on any atom is 0.147 e. The van der Waals surface area contributed by atoms with E-state index in [-0.39, 0.29) is 0 Å². The number of H-pyrrole nitrogens is 1. The number of fused-ring (bicyclic) bond motifs is 1. The minimum Gasteiger partial charge on any atom is -0.381 e. The molecular weight excluding hydrogens is 336 g/mol. The highest BCUT2D eigenvalue weighted by molar-refractivity contribution is 6.02. The Labute approximate surface area is 156 Å². The Bertz CT molecular complexity index is 1120. The quantitative estimate of drug-likeness (QED) is 0.396. The van der Waals surface area contributed by atoms with Gasteiger partial charge in [-0.1, -0.05) is 49.0 Å².